The molecule has 0 bridgehead atoms. The van der Waals surface area contributed by atoms with E-state index in [9.17, 15) is 13.2 Å². The van der Waals surface area contributed by atoms with Crippen molar-refractivity contribution < 1.29 is 13.2 Å². The molecule has 2 aromatic rings. The van der Waals surface area contributed by atoms with Crippen molar-refractivity contribution in [2.24, 2.45) is 5.92 Å². The molecule has 1 heterocycles. The van der Waals surface area contributed by atoms with Crippen LogP contribution in [0.25, 0.3) is 0 Å². The van der Waals surface area contributed by atoms with Crippen molar-refractivity contribution >= 4 is 15.9 Å². The summed E-state index contributed by atoms with van der Waals surface area (Å²) in [6.07, 6.45) is 1.71. The zero-order chi connectivity index (χ0) is 21.2. The van der Waals surface area contributed by atoms with E-state index in [0.717, 1.165) is 35.1 Å². The summed E-state index contributed by atoms with van der Waals surface area (Å²) in [6, 6.07) is 11.2. The van der Waals surface area contributed by atoms with E-state index < -0.39 is 10.0 Å². The summed E-state index contributed by atoms with van der Waals surface area (Å²) in [5, 5.41) is 2.98. The Labute approximate surface area is 174 Å². The molecule has 1 fully saturated rings. The third-order valence-corrected chi connectivity index (χ3v) is 7.73. The van der Waals surface area contributed by atoms with Crippen molar-refractivity contribution in [3.63, 3.8) is 0 Å². The van der Waals surface area contributed by atoms with Crippen molar-refractivity contribution in [3.05, 3.63) is 64.2 Å². The minimum absolute atomic E-state index is 0.110. The Morgan fingerprint density at radius 2 is 1.79 bits per heavy atom. The van der Waals surface area contributed by atoms with Crippen LogP contribution in [0.2, 0.25) is 0 Å². The molecule has 2 aromatic carbocycles. The highest BCUT2D eigenvalue weighted by Crippen LogP contribution is 2.27. The maximum atomic E-state index is 13.3. The Morgan fingerprint density at radius 1 is 1.07 bits per heavy atom. The third kappa shape index (κ3) is 4.87. The lowest BCUT2D eigenvalue weighted by Crippen LogP contribution is -2.43. The molecular weight excluding hydrogens is 384 g/mol. The van der Waals surface area contributed by atoms with Gasteiger partial charge in [0.1, 0.15) is 0 Å². The van der Waals surface area contributed by atoms with Crippen LogP contribution in [0.5, 0.6) is 0 Å². The van der Waals surface area contributed by atoms with E-state index in [2.05, 4.69) is 5.32 Å². The lowest BCUT2D eigenvalue weighted by molar-refractivity contribution is 0.0941. The number of carbonyl (C=O) groups is 1. The zero-order valence-electron chi connectivity index (χ0n) is 17.7. The molecule has 0 unspecified atom stereocenters. The maximum Gasteiger partial charge on any atom is 0.251 e. The molecule has 0 aliphatic carbocycles. The Kier molecular flexibility index (Phi) is 6.44. The quantitative estimate of drug-likeness (QED) is 0.810. The van der Waals surface area contributed by atoms with Crippen molar-refractivity contribution in [2.75, 3.05) is 19.6 Å². The number of nitrogens with one attached hydrogen (secondary N) is 1. The standard InChI is InChI=1S/C23H30N2O3S/c1-16-7-5-9-21(11-16)23(26)24-14-20-8-6-10-25(15-20)29(27,28)22-13-18(3)17(2)12-19(22)4/h5,7,9,11-13,20H,6,8,10,14-15H2,1-4H3,(H,24,26)/t20-/m0/s1. The van der Waals surface area contributed by atoms with E-state index in [1.807, 2.05) is 52.0 Å². The molecule has 1 aliphatic rings. The number of carbonyl (C=O) groups excluding carboxylic acids is 1. The van der Waals surface area contributed by atoms with E-state index in [4.69, 9.17) is 0 Å². The summed E-state index contributed by atoms with van der Waals surface area (Å²) < 4.78 is 28.1. The number of nitrogens with zero attached hydrogens (tertiary/aromatic N) is 1. The number of hydrogen-bond donors (Lipinski definition) is 1. The van der Waals surface area contributed by atoms with Crippen molar-refractivity contribution in [1.82, 2.24) is 9.62 Å². The van der Waals surface area contributed by atoms with E-state index in [0.29, 0.717) is 30.1 Å². The molecule has 29 heavy (non-hydrogen) atoms. The van der Waals surface area contributed by atoms with Crippen LogP contribution in [0.1, 0.15) is 45.5 Å². The predicted octanol–water partition coefficient (Wildman–Crippen LogP) is 3.75. The minimum Gasteiger partial charge on any atom is -0.352 e. The van der Waals surface area contributed by atoms with Crippen molar-refractivity contribution in [1.29, 1.82) is 0 Å². The topological polar surface area (TPSA) is 66.5 Å². The summed E-state index contributed by atoms with van der Waals surface area (Å²) in [4.78, 5) is 12.8. The molecule has 0 aromatic heterocycles. The lowest BCUT2D eigenvalue weighted by atomic mass is 9.99. The van der Waals surface area contributed by atoms with Gasteiger partial charge in [0, 0.05) is 25.2 Å². The lowest BCUT2D eigenvalue weighted by Gasteiger charge is -2.32. The number of rotatable bonds is 5. The van der Waals surface area contributed by atoms with Gasteiger partial charge in [0.05, 0.1) is 4.90 Å². The van der Waals surface area contributed by atoms with Crippen LogP contribution >= 0.6 is 0 Å². The number of sulfonamides is 1. The van der Waals surface area contributed by atoms with E-state index >= 15 is 0 Å². The average molecular weight is 415 g/mol. The fourth-order valence-electron chi connectivity index (χ4n) is 3.89. The first-order valence-corrected chi connectivity index (χ1v) is 11.6. The number of hydrogen-bond acceptors (Lipinski definition) is 3. The predicted molar refractivity (Wildman–Crippen MR) is 116 cm³/mol. The number of piperidine rings is 1. The van der Waals surface area contributed by atoms with Crippen LogP contribution in [0, 0.1) is 33.6 Å². The third-order valence-electron chi connectivity index (χ3n) is 5.72. The van der Waals surface area contributed by atoms with Gasteiger partial charge in [0.15, 0.2) is 0 Å². The smallest absolute Gasteiger partial charge is 0.251 e. The van der Waals surface area contributed by atoms with Gasteiger partial charge in [-0.05, 0) is 81.3 Å². The van der Waals surface area contributed by atoms with Gasteiger partial charge < -0.3 is 5.32 Å². The first-order valence-electron chi connectivity index (χ1n) is 10.1. The summed E-state index contributed by atoms with van der Waals surface area (Å²) in [5.74, 6) is -0.00202. The fraction of sp³-hybridized carbons (Fsp3) is 0.435. The van der Waals surface area contributed by atoms with E-state index in [1.165, 1.54) is 0 Å². The van der Waals surface area contributed by atoms with Crippen molar-refractivity contribution in [3.8, 4) is 0 Å². The monoisotopic (exact) mass is 414 g/mol. The average Bonchev–Trinajstić information content (AvgIpc) is 2.69. The first kappa shape index (κ1) is 21.5. The molecule has 1 aliphatic heterocycles. The molecule has 6 heteroatoms. The SMILES string of the molecule is Cc1cccc(C(=O)NC[C@@H]2CCCN(S(=O)(=O)c3cc(C)c(C)cc3C)C2)c1. The van der Waals surface area contributed by atoms with Crippen LogP contribution in [0.4, 0.5) is 0 Å². The van der Waals surface area contributed by atoms with Gasteiger partial charge in [-0.3, -0.25) is 4.79 Å². The molecule has 0 radical (unpaired) electrons. The second kappa shape index (κ2) is 8.67. The van der Waals surface area contributed by atoms with Crippen LogP contribution in [-0.4, -0.2) is 38.3 Å². The largest absolute Gasteiger partial charge is 0.352 e. The fourth-order valence-corrected chi connectivity index (χ4v) is 5.73. The second-order valence-corrected chi connectivity index (χ2v) is 10.1. The molecule has 0 saturated carbocycles. The van der Waals surface area contributed by atoms with Crippen LogP contribution in [0.3, 0.4) is 0 Å². The van der Waals surface area contributed by atoms with Gasteiger partial charge in [-0.15, -0.1) is 0 Å². The second-order valence-electron chi connectivity index (χ2n) is 8.15. The normalized spacial score (nSPS) is 17.9. The molecule has 156 valence electrons. The maximum absolute atomic E-state index is 13.3. The Balaban J connectivity index is 1.69. The molecule has 3 rings (SSSR count). The molecular formula is C23H30N2O3S. The van der Waals surface area contributed by atoms with Crippen LogP contribution < -0.4 is 5.32 Å². The first-order chi connectivity index (χ1) is 13.7. The molecule has 0 spiro atoms. The highest BCUT2D eigenvalue weighted by molar-refractivity contribution is 7.89. The Morgan fingerprint density at radius 3 is 2.52 bits per heavy atom. The van der Waals surface area contributed by atoms with Crippen LogP contribution in [-0.2, 0) is 10.0 Å². The summed E-state index contributed by atoms with van der Waals surface area (Å²) in [6.45, 7) is 9.17. The highest BCUT2D eigenvalue weighted by Gasteiger charge is 2.31. The van der Waals surface area contributed by atoms with Crippen molar-refractivity contribution in [2.45, 2.75) is 45.4 Å². The molecule has 1 saturated heterocycles. The van der Waals surface area contributed by atoms with Gasteiger partial charge >= 0.3 is 0 Å². The summed E-state index contributed by atoms with van der Waals surface area (Å²) >= 11 is 0. The van der Waals surface area contributed by atoms with Gasteiger partial charge in [-0.2, -0.15) is 4.31 Å². The number of aryl methyl sites for hydroxylation is 4. The molecule has 5 nitrogen and oxygen atoms in total. The van der Waals surface area contributed by atoms with Gasteiger partial charge in [0.25, 0.3) is 5.91 Å². The molecule has 1 amide bonds. The van der Waals surface area contributed by atoms with Gasteiger partial charge in [0.2, 0.25) is 10.0 Å². The number of amides is 1. The summed E-state index contributed by atoms with van der Waals surface area (Å²) in [5.41, 5.74) is 4.53. The Hall–Kier alpha value is -2.18. The highest BCUT2D eigenvalue weighted by atomic mass is 32.2. The molecule has 1 atom stereocenters. The van der Waals surface area contributed by atoms with Crippen LogP contribution in [0.15, 0.2) is 41.3 Å². The van der Waals surface area contributed by atoms with Gasteiger partial charge in [-0.25, -0.2) is 8.42 Å². The number of benzene rings is 2. The zero-order valence-corrected chi connectivity index (χ0v) is 18.5. The van der Waals surface area contributed by atoms with E-state index in [1.54, 1.807) is 16.4 Å². The van der Waals surface area contributed by atoms with Gasteiger partial charge in [-0.1, -0.05) is 23.8 Å². The van der Waals surface area contributed by atoms with E-state index in [-0.39, 0.29) is 11.8 Å². The molecule has 1 N–H and O–H groups in total. The minimum atomic E-state index is -3.54. The summed E-state index contributed by atoms with van der Waals surface area (Å²) in [7, 11) is -3.54. The Bertz CT molecular complexity index is 1010.